The zero-order chi connectivity index (χ0) is 16.3. The summed E-state index contributed by atoms with van der Waals surface area (Å²) in [5, 5.41) is 0. The monoisotopic (exact) mass is 316 g/mol. The van der Waals surface area contributed by atoms with Crippen LogP contribution in [0.4, 0.5) is 0 Å². The lowest BCUT2D eigenvalue weighted by molar-refractivity contribution is -0.174. The predicted molar refractivity (Wildman–Crippen MR) is 95.8 cm³/mol. The van der Waals surface area contributed by atoms with Crippen LogP contribution in [0.5, 0.6) is 0 Å². The Balaban J connectivity index is 1.51. The van der Waals surface area contributed by atoms with E-state index in [2.05, 4.69) is 60.9 Å². The summed E-state index contributed by atoms with van der Waals surface area (Å²) >= 11 is 0. The lowest BCUT2D eigenvalue weighted by Gasteiger charge is -2.50. The van der Waals surface area contributed by atoms with Crippen LogP contribution in [-0.2, 0) is 11.2 Å². The first-order chi connectivity index (χ1) is 11.1. The van der Waals surface area contributed by atoms with Crippen molar-refractivity contribution in [1.29, 1.82) is 0 Å². The molecule has 3 nitrogen and oxygen atoms in total. The van der Waals surface area contributed by atoms with Gasteiger partial charge < -0.3 is 9.64 Å². The molecule has 2 aliphatic rings. The third kappa shape index (κ3) is 4.34. The Labute approximate surface area is 141 Å². The van der Waals surface area contributed by atoms with E-state index in [0.29, 0.717) is 12.1 Å². The fourth-order valence-electron chi connectivity index (χ4n) is 4.05. The first kappa shape index (κ1) is 16.9. The quantitative estimate of drug-likeness (QED) is 0.848. The maximum Gasteiger partial charge on any atom is 0.0837 e. The molecule has 3 heteroatoms. The van der Waals surface area contributed by atoms with Crippen molar-refractivity contribution in [1.82, 2.24) is 9.80 Å². The van der Waals surface area contributed by atoms with Crippen molar-refractivity contribution in [2.24, 2.45) is 0 Å². The number of rotatable bonds is 4. The van der Waals surface area contributed by atoms with Crippen LogP contribution in [0.2, 0.25) is 0 Å². The maximum absolute atomic E-state index is 6.44. The van der Waals surface area contributed by atoms with Gasteiger partial charge in [0, 0.05) is 38.8 Å². The zero-order valence-electron chi connectivity index (χ0n) is 15.0. The minimum atomic E-state index is 0.102. The molecule has 1 spiro atoms. The highest BCUT2D eigenvalue weighted by Gasteiger charge is 2.42. The number of nitrogens with zero attached hydrogens (tertiary/aromatic N) is 2. The van der Waals surface area contributed by atoms with Gasteiger partial charge in [0.2, 0.25) is 0 Å². The van der Waals surface area contributed by atoms with Crippen molar-refractivity contribution in [2.75, 3.05) is 32.7 Å². The molecule has 2 saturated heterocycles. The lowest BCUT2D eigenvalue weighted by Crippen LogP contribution is -2.60. The van der Waals surface area contributed by atoms with Crippen LogP contribution in [0.3, 0.4) is 0 Å². The Kier molecular flexibility index (Phi) is 5.40. The van der Waals surface area contributed by atoms with Gasteiger partial charge in [0.1, 0.15) is 0 Å². The van der Waals surface area contributed by atoms with Gasteiger partial charge in [-0.2, -0.15) is 0 Å². The normalized spacial score (nSPS) is 26.0. The third-order valence-corrected chi connectivity index (χ3v) is 5.49. The molecular weight excluding hydrogens is 284 g/mol. The molecule has 0 N–H and O–H groups in total. The van der Waals surface area contributed by atoms with Crippen LogP contribution in [0, 0.1) is 0 Å². The standard InChI is InChI=1S/C20H32N2O/c1-17(2)22-15-18(3)23-20(16-22)10-13-21(14-11-20)12-9-19-7-5-4-6-8-19/h4-8,17-18H,9-16H2,1-3H3. The summed E-state index contributed by atoms with van der Waals surface area (Å²) in [5.74, 6) is 0. The first-order valence-electron chi connectivity index (χ1n) is 9.24. The average molecular weight is 316 g/mol. The van der Waals surface area contributed by atoms with Gasteiger partial charge in [-0.05, 0) is 45.6 Å². The molecule has 0 aliphatic carbocycles. The molecule has 1 unspecified atom stereocenters. The van der Waals surface area contributed by atoms with E-state index in [1.807, 2.05) is 0 Å². The number of hydrogen-bond donors (Lipinski definition) is 0. The minimum absolute atomic E-state index is 0.102. The van der Waals surface area contributed by atoms with E-state index in [-0.39, 0.29) is 5.60 Å². The lowest BCUT2D eigenvalue weighted by atomic mass is 9.88. The molecule has 3 rings (SSSR count). The Morgan fingerprint density at radius 2 is 1.87 bits per heavy atom. The van der Waals surface area contributed by atoms with Crippen LogP contribution in [0.25, 0.3) is 0 Å². The second-order valence-electron chi connectivity index (χ2n) is 7.71. The zero-order valence-corrected chi connectivity index (χ0v) is 15.0. The van der Waals surface area contributed by atoms with E-state index < -0.39 is 0 Å². The highest BCUT2D eigenvalue weighted by molar-refractivity contribution is 5.15. The molecule has 1 aromatic carbocycles. The molecule has 2 aliphatic heterocycles. The molecule has 0 amide bonds. The van der Waals surface area contributed by atoms with E-state index >= 15 is 0 Å². The van der Waals surface area contributed by atoms with Gasteiger partial charge in [-0.25, -0.2) is 0 Å². The van der Waals surface area contributed by atoms with Gasteiger partial charge in [-0.15, -0.1) is 0 Å². The molecule has 2 fully saturated rings. The second-order valence-corrected chi connectivity index (χ2v) is 7.71. The largest absolute Gasteiger partial charge is 0.369 e. The summed E-state index contributed by atoms with van der Waals surface area (Å²) in [6.45, 7) is 12.6. The molecule has 23 heavy (non-hydrogen) atoms. The van der Waals surface area contributed by atoms with Crippen LogP contribution < -0.4 is 0 Å². The Bertz CT molecular complexity index is 480. The molecule has 0 aromatic heterocycles. The van der Waals surface area contributed by atoms with Crippen molar-refractivity contribution in [3.05, 3.63) is 35.9 Å². The second kappa shape index (κ2) is 7.33. The molecule has 128 valence electrons. The SMILES string of the molecule is CC1CN(C(C)C)CC2(CCN(CCc3ccccc3)CC2)O1. The molecule has 0 bridgehead atoms. The Morgan fingerprint density at radius 3 is 2.52 bits per heavy atom. The van der Waals surface area contributed by atoms with E-state index in [4.69, 9.17) is 4.74 Å². The van der Waals surface area contributed by atoms with Gasteiger partial charge in [0.05, 0.1) is 11.7 Å². The average Bonchev–Trinajstić information content (AvgIpc) is 2.55. The third-order valence-electron chi connectivity index (χ3n) is 5.49. The van der Waals surface area contributed by atoms with Crippen LogP contribution >= 0.6 is 0 Å². The van der Waals surface area contributed by atoms with E-state index in [0.717, 1.165) is 19.5 Å². The van der Waals surface area contributed by atoms with Gasteiger partial charge >= 0.3 is 0 Å². The number of hydrogen-bond acceptors (Lipinski definition) is 3. The van der Waals surface area contributed by atoms with E-state index in [1.165, 1.54) is 38.0 Å². The van der Waals surface area contributed by atoms with Crippen molar-refractivity contribution in [3.8, 4) is 0 Å². The van der Waals surface area contributed by atoms with E-state index in [1.54, 1.807) is 0 Å². The van der Waals surface area contributed by atoms with Gasteiger partial charge in [-0.3, -0.25) is 4.90 Å². The fourth-order valence-corrected chi connectivity index (χ4v) is 4.05. The maximum atomic E-state index is 6.44. The Morgan fingerprint density at radius 1 is 1.17 bits per heavy atom. The smallest absolute Gasteiger partial charge is 0.0837 e. The molecular formula is C20H32N2O. The number of piperidine rings is 1. The molecule has 0 radical (unpaired) electrons. The highest BCUT2D eigenvalue weighted by Crippen LogP contribution is 2.33. The van der Waals surface area contributed by atoms with Crippen LogP contribution in [-0.4, -0.2) is 60.3 Å². The van der Waals surface area contributed by atoms with Gasteiger partial charge in [0.15, 0.2) is 0 Å². The van der Waals surface area contributed by atoms with E-state index in [9.17, 15) is 0 Å². The molecule has 1 aromatic rings. The number of benzene rings is 1. The summed E-state index contributed by atoms with van der Waals surface area (Å²) in [6.07, 6.45) is 3.87. The summed E-state index contributed by atoms with van der Waals surface area (Å²) < 4.78 is 6.44. The summed E-state index contributed by atoms with van der Waals surface area (Å²) in [4.78, 5) is 5.22. The van der Waals surface area contributed by atoms with Crippen molar-refractivity contribution in [3.63, 3.8) is 0 Å². The Hall–Kier alpha value is -0.900. The summed E-state index contributed by atoms with van der Waals surface area (Å²) in [7, 11) is 0. The number of ether oxygens (including phenoxy) is 1. The molecule has 1 atom stereocenters. The fraction of sp³-hybridized carbons (Fsp3) is 0.700. The number of likely N-dealkylation sites (tertiary alicyclic amines) is 1. The van der Waals surface area contributed by atoms with Crippen molar-refractivity contribution in [2.45, 2.75) is 57.8 Å². The van der Waals surface area contributed by atoms with Crippen molar-refractivity contribution < 1.29 is 4.74 Å². The minimum Gasteiger partial charge on any atom is -0.369 e. The van der Waals surface area contributed by atoms with Gasteiger partial charge in [0.25, 0.3) is 0 Å². The number of morpholine rings is 1. The van der Waals surface area contributed by atoms with Crippen molar-refractivity contribution >= 4 is 0 Å². The topological polar surface area (TPSA) is 15.7 Å². The van der Waals surface area contributed by atoms with Crippen LogP contribution in [0.15, 0.2) is 30.3 Å². The molecule has 2 heterocycles. The van der Waals surface area contributed by atoms with Gasteiger partial charge in [-0.1, -0.05) is 30.3 Å². The highest BCUT2D eigenvalue weighted by atomic mass is 16.5. The predicted octanol–water partition coefficient (Wildman–Crippen LogP) is 3.19. The molecule has 0 saturated carbocycles. The first-order valence-corrected chi connectivity index (χ1v) is 9.24. The van der Waals surface area contributed by atoms with Crippen LogP contribution in [0.1, 0.15) is 39.2 Å². The summed E-state index contributed by atoms with van der Waals surface area (Å²) in [6, 6.07) is 11.5. The summed E-state index contributed by atoms with van der Waals surface area (Å²) in [5.41, 5.74) is 1.55.